The number of pyridine rings is 1. The first-order valence-electron chi connectivity index (χ1n) is 13.6. The van der Waals surface area contributed by atoms with Gasteiger partial charge >= 0.3 is 0 Å². The van der Waals surface area contributed by atoms with Crippen molar-refractivity contribution >= 4 is 28.2 Å². The molecule has 0 aliphatic heterocycles. The zero-order valence-corrected chi connectivity index (χ0v) is 23.3. The van der Waals surface area contributed by atoms with E-state index in [9.17, 15) is 4.79 Å². The Bertz CT molecular complexity index is 1690. The number of nitrogens with one attached hydrogen (secondary N) is 2. The minimum Gasteiger partial charge on any atom is -0.491 e. The van der Waals surface area contributed by atoms with E-state index >= 15 is 4.39 Å². The van der Waals surface area contributed by atoms with Gasteiger partial charge in [-0.15, -0.1) is 0 Å². The average molecular weight is 553 g/mol. The van der Waals surface area contributed by atoms with Crippen LogP contribution in [-0.2, 0) is 17.8 Å². The maximum atomic E-state index is 16.2. The van der Waals surface area contributed by atoms with Crippen LogP contribution in [0, 0.1) is 5.82 Å². The summed E-state index contributed by atoms with van der Waals surface area (Å²) < 4.78 is 23.7. The molecule has 9 heteroatoms. The van der Waals surface area contributed by atoms with Crippen LogP contribution in [0.15, 0.2) is 79.1 Å². The maximum Gasteiger partial charge on any atom is 0.239 e. The number of rotatable bonds is 10. The van der Waals surface area contributed by atoms with Crippen molar-refractivity contribution in [3.05, 3.63) is 102 Å². The molecule has 2 heterocycles. The van der Waals surface area contributed by atoms with Crippen molar-refractivity contribution in [2.24, 2.45) is 0 Å². The molecule has 0 fully saturated rings. The van der Waals surface area contributed by atoms with E-state index in [-0.39, 0.29) is 18.2 Å². The lowest BCUT2D eigenvalue weighted by Gasteiger charge is -2.23. The highest BCUT2D eigenvalue weighted by Gasteiger charge is 2.28. The number of hydrogen-bond acceptors (Lipinski definition) is 6. The fraction of sp³-hybridized carbons (Fsp3) is 0.219. The van der Waals surface area contributed by atoms with Gasteiger partial charge in [0.05, 0.1) is 12.3 Å². The molecule has 5 aromatic rings. The van der Waals surface area contributed by atoms with Crippen LogP contribution >= 0.6 is 0 Å². The number of benzene rings is 3. The number of nitrogen functional groups attached to an aromatic ring is 1. The van der Waals surface area contributed by atoms with Crippen molar-refractivity contribution in [3.8, 4) is 17.0 Å². The number of hydrogen-bond donors (Lipinski definition) is 3. The van der Waals surface area contributed by atoms with E-state index in [1.807, 2.05) is 80.7 Å². The summed E-state index contributed by atoms with van der Waals surface area (Å²) in [6, 6.07) is 20.1. The number of amides is 1. The Morgan fingerprint density at radius 2 is 1.90 bits per heavy atom. The molecule has 1 amide bonds. The first-order valence-corrected chi connectivity index (χ1v) is 13.6. The van der Waals surface area contributed by atoms with Gasteiger partial charge in [-0.2, -0.15) is 0 Å². The van der Waals surface area contributed by atoms with E-state index < -0.39 is 11.9 Å². The molecule has 0 aliphatic carbocycles. The number of carbonyl (C=O) groups is 1. The lowest BCUT2D eigenvalue weighted by Crippen LogP contribution is -2.26. The molecule has 0 saturated heterocycles. The number of carbonyl (C=O) groups excluding carboxylic acids is 1. The number of aryl methyl sites for hydroxylation is 1. The molecule has 41 heavy (non-hydrogen) atoms. The number of ether oxygens (including phenoxy) is 1. The Morgan fingerprint density at radius 1 is 1.10 bits per heavy atom. The fourth-order valence-electron chi connectivity index (χ4n) is 4.86. The van der Waals surface area contributed by atoms with Crippen LogP contribution in [0.1, 0.15) is 36.8 Å². The number of anilines is 2. The average Bonchev–Trinajstić information content (AvgIpc) is 3.41. The predicted octanol–water partition coefficient (Wildman–Crippen LogP) is 5.73. The number of halogens is 1. The summed E-state index contributed by atoms with van der Waals surface area (Å²) >= 11 is 0. The van der Waals surface area contributed by atoms with Gasteiger partial charge in [-0.25, -0.2) is 14.4 Å². The second-order valence-electron chi connectivity index (χ2n) is 9.64. The van der Waals surface area contributed by atoms with Gasteiger partial charge in [0.25, 0.3) is 0 Å². The van der Waals surface area contributed by atoms with E-state index in [1.165, 1.54) is 0 Å². The molecule has 0 aliphatic rings. The second-order valence-corrected chi connectivity index (χ2v) is 9.64. The minimum absolute atomic E-state index is 0.0111. The molecule has 5 rings (SSSR count). The molecular weight excluding hydrogens is 519 g/mol. The fourth-order valence-corrected chi connectivity index (χ4v) is 4.86. The largest absolute Gasteiger partial charge is 0.491 e. The number of likely N-dealkylation sites (N-methyl/N-ethyl adjacent to an activating group) is 1. The lowest BCUT2D eigenvalue weighted by atomic mass is 9.99. The Labute approximate surface area is 238 Å². The van der Waals surface area contributed by atoms with Crippen LogP contribution in [0.5, 0.6) is 5.75 Å². The van der Waals surface area contributed by atoms with Crippen LogP contribution in [0.4, 0.5) is 15.9 Å². The molecule has 8 nitrogen and oxygen atoms in total. The van der Waals surface area contributed by atoms with Crippen molar-refractivity contribution < 1.29 is 13.9 Å². The quantitative estimate of drug-likeness (QED) is 0.204. The van der Waals surface area contributed by atoms with E-state index in [2.05, 4.69) is 15.6 Å². The topological polar surface area (TPSA) is 107 Å². The molecule has 1 atom stereocenters. The highest BCUT2D eigenvalue weighted by atomic mass is 19.1. The maximum absolute atomic E-state index is 16.2. The number of imidazole rings is 1. The van der Waals surface area contributed by atoms with Crippen LogP contribution in [0.2, 0.25) is 0 Å². The molecule has 0 radical (unpaired) electrons. The van der Waals surface area contributed by atoms with Gasteiger partial charge in [0.2, 0.25) is 5.91 Å². The van der Waals surface area contributed by atoms with E-state index in [0.717, 1.165) is 27.6 Å². The number of fused-ring (bicyclic) bond motifs is 1. The zero-order chi connectivity index (χ0) is 28.9. The standard InChI is InChI=1S/C32H33FN6O2/c1-4-20-15-25(29(33)27(16-20)41-5-2)30(37-23-11-12-24-22(17-23)13-14-36-31(24)34)32-38-26(21-9-7-6-8-10-21)18-39(32)19-28(40)35-3/h6-18,30,37H,4-5,19H2,1-3H3,(H2,34,36)(H,35,40). The van der Waals surface area contributed by atoms with E-state index in [0.29, 0.717) is 35.9 Å². The second kappa shape index (κ2) is 12.1. The molecule has 0 bridgehead atoms. The predicted molar refractivity (Wildman–Crippen MR) is 160 cm³/mol. The molecule has 4 N–H and O–H groups in total. The Kier molecular flexibility index (Phi) is 8.14. The van der Waals surface area contributed by atoms with Gasteiger partial charge in [0, 0.05) is 41.6 Å². The highest BCUT2D eigenvalue weighted by Crippen LogP contribution is 2.36. The summed E-state index contributed by atoms with van der Waals surface area (Å²) in [6.45, 7) is 4.17. The van der Waals surface area contributed by atoms with Crippen LogP contribution in [-0.4, -0.2) is 34.1 Å². The summed E-state index contributed by atoms with van der Waals surface area (Å²) in [6.07, 6.45) is 4.16. The number of nitrogens with zero attached hydrogens (tertiary/aromatic N) is 3. The van der Waals surface area contributed by atoms with Crippen LogP contribution in [0.3, 0.4) is 0 Å². The zero-order valence-electron chi connectivity index (χ0n) is 23.3. The van der Waals surface area contributed by atoms with Gasteiger partial charge in [-0.1, -0.05) is 43.3 Å². The SMILES string of the molecule is CCOc1cc(CC)cc(C(Nc2ccc3c(N)nccc3c2)c2nc(-c3ccccc3)cn2CC(=O)NC)c1F. The Hall–Kier alpha value is -4.92. The number of nitrogens with two attached hydrogens (primary N) is 1. The molecule has 0 spiro atoms. The van der Waals surface area contributed by atoms with E-state index in [1.54, 1.807) is 23.9 Å². The van der Waals surface area contributed by atoms with Gasteiger partial charge in [0.15, 0.2) is 11.6 Å². The first kappa shape index (κ1) is 27.6. The van der Waals surface area contributed by atoms with Crippen molar-refractivity contribution in [1.29, 1.82) is 0 Å². The smallest absolute Gasteiger partial charge is 0.239 e. The summed E-state index contributed by atoms with van der Waals surface area (Å²) in [5, 5.41) is 7.89. The third-order valence-electron chi connectivity index (χ3n) is 6.98. The van der Waals surface area contributed by atoms with Gasteiger partial charge < -0.3 is 25.7 Å². The Morgan fingerprint density at radius 3 is 2.63 bits per heavy atom. The molecule has 2 aromatic heterocycles. The summed E-state index contributed by atoms with van der Waals surface area (Å²) in [5.74, 6) is 0.414. The van der Waals surface area contributed by atoms with Gasteiger partial charge in [0.1, 0.15) is 24.2 Å². The molecule has 210 valence electrons. The van der Waals surface area contributed by atoms with Crippen molar-refractivity contribution in [2.75, 3.05) is 24.7 Å². The molecular formula is C32H33FN6O2. The van der Waals surface area contributed by atoms with Crippen LogP contribution < -0.4 is 21.1 Å². The van der Waals surface area contributed by atoms with Crippen LogP contribution in [0.25, 0.3) is 22.0 Å². The molecule has 3 aromatic carbocycles. The molecule has 0 saturated carbocycles. The van der Waals surface area contributed by atoms with Gasteiger partial charge in [-0.05, 0) is 54.6 Å². The van der Waals surface area contributed by atoms with Crippen molar-refractivity contribution in [3.63, 3.8) is 0 Å². The monoisotopic (exact) mass is 552 g/mol. The third kappa shape index (κ3) is 5.84. The minimum atomic E-state index is -0.764. The summed E-state index contributed by atoms with van der Waals surface area (Å²) in [7, 11) is 1.58. The third-order valence-corrected chi connectivity index (χ3v) is 6.98. The normalized spacial score (nSPS) is 11.8. The highest BCUT2D eigenvalue weighted by molar-refractivity contribution is 5.93. The van der Waals surface area contributed by atoms with E-state index in [4.69, 9.17) is 15.5 Å². The molecule has 1 unspecified atom stereocenters. The summed E-state index contributed by atoms with van der Waals surface area (Å²) in [4.78, 5) is 21.7. The first-order chi connectivity index (χ1) is 19.9. The van der Waals surface area contributed by atoms with Crippen molar-refractivity contribution in [1.82, 2.24) is 19.9 Å². The van der Waals surface area contributed by atoms with Gasteiger partial charge in [-0.3, -0.25) is 4.79 Å². The number of aromatic nitrogens is 3. The lowest BCUT2D eigenvalue weighted by molar-refractivity contribution is -0.121. The van der Waals surface area contributed by atoms with Crippen molar-refractivity contribution in [2.45, 2.75) is 32.9 Å². The Balaban J connectivity index is 1.71. The summed E-state index contributed by atoms with van der Waals surface area (Å²) in [5.41, 5.74) is 9.64.